The van der Waals surface area contributed by atoms with Crippen LogP contribution in [0.15, 0.2) is 24.3 Å². The van der Waals surface area contributed by atoms with Crippen molar-refractivity contribution in [2.45, 2.75) is 13.8 Å². The summed E-state index contributed by atoms with van der Waals surface area (Å²) in [6, 6.07) is 1.68. The maximum Gasteiger partial charge on any atom is 0.331 e. The zero-order chi connectivity index (χ0) is 13.3. The highest BCUT2D eigenvalue weighted by Gasteiger charge is 2.20. The number of ketones is 1. The standard InChI is InChI=1S/C12H14N2O3/c1-3-4-5-6-12(16)17-8-11(15)10(7-13)9(2)14/h3-6,10,14H,8H2,1-2H3/b4-3+,6-5+,14-9?/t10-/m0/s1. The number of nitriles is 1. The number of rotatable bonds is 6. The Morgan fingerprint density at radius 2 is 2.12 bits per heavy atom. The number of esters is 1. The maximum atomic E-state index is 11.4. The zero-order valence-corrected chi connectivity index (χ0v) is 9.77. The van der Waals surface area contributed by atoms with Crippen molar-refractivity contribution in [3.8, 4) is 6.07 Å². The van der Waals surface area contributed by atoms with E-state index in [0.29, 0.717) is 0 Å². The lowest BCUT2D eigenvalue weighted by molar-refractivity contribution is -0.143. The van der Waals surface area contributed by atoms with Gasteiger partial charge < -0.3 is 10.1 Å². The van der Waals surface area contributed by atoms with Crippen LogP contribution in [0.5, 0.6) is 0 Å². The first-order chi connectivity index (χ1) is 8.02. The molecule has 0 saturated heterocycles. The fourth-order valence-corrected chi connectivity index (χ4v) is 0.929. The minimum Gasteiger partial charge on any atom is -0.454 e. The third-order valence-electron chi connectivity index (χ3n) is 1.78. The van der Waals surface area contributed by atoms with E-state index in [4.69, 9.17) is 10.7 Å². The molecule has 0 bridgehead atoms. The van der Waals surface area contributed by atoms with Crippen molar-refractivity contribution < 1.29 is 14.3 Å². The lowest BCUT2D eigenvalue weighted by Crippen LogP contribution is -2.25. The molecule has 0 aliphatic carbocycles. The van der Waals surface area contributed by atoms with Gasteiger partial charge in [0.05, 0.1) is 6.07 Å². The van der Waals surface area contributed by atoms with Gasteiger partial charge in [-0.05, 0) is 13.8 Å². The van der Waals surface area contributed by atoms with Gasteiger partial charge in [0.2, 0.25) is 0 Å². The minimum absolute atomic E-state index is 0.0574. The summed E-state index contributed by atoms with van der Waals surface area (Å²) in [5, 5.41) is 15.8. The molecule has 0 aromatic carbocycles. The Balaban J connectivity index is 4.21. The van der Waals surface area contributed by atoms with Gasteiger partial charge in [0, 0.05) is 11.8 Å². The van der Waals surface area contributed by atoms with Crippen LogP contribution in [0, 0.1) is 22.7 Å². The molecule has 0 spiro atoms. The first-order valence-corrected chi connectivity index (χ1v) is 4.96. The summed E-state index contributed by atoms with van der Waals surface area (Å²) in [5.74, 6) is -2.38. The number of nitrogens with zero attached hydrogens (tertiary/aromatic N) is 1. The van der Waals surface area contributed by atoms with Crippen molar-refractivity contribution in [3.63, 3.8) is 0 Å². The highest BCUT2D eigenvalue weighted by molar-refractivity contribution is 6.06. The third kappa shape index (κ3) is 6.05. The van der Waals surface area contributed by atoms with Crippen LogP contribution < -0.4 is 0 Å². The smallest absolute Gasteiger partial charge is 0.331 e. The van der Waals surface area contributed by atoms with Gasteiger partial charge in [0.15, 0.2) is 12.4 Å². The fraction of sp³-hybridized carbons (Fsp3) is 0.333. The van der Waals surface area contributed by atoms with E-state index < -0.39 is 24.3 Å². The fourth-order valence-electron chi connectivity index (χ4n) is 0.929. The van der Waals surface area contributed by atoms with Crippen LogP contribution in [0.3, 0.4) is 0 Å². The molecule has 0 fully saturated rings. The maximum absolute atomic E-state index is 11.4. The summed E-state index contributed by atoms with van der Waals surface area (Å²) < 4.78 is 4.63. The summed E-state index contributed by atoms with van der Waals surface area (Å²) in [5.41, 5.74) is -0.0574. The summed E-state index contributed by atoms with van der Waals surface area (Å²) in [7, 11) is 0. The quantitative estimate of drug-likeness (QED) is 0.325. The predicted octanol–water partition coefficient (Wildman–Crippen LogP) is 1.41. The molecule has 90 valence electrons. The second kappa shape index (κ2) is 7.99. The number of hydrogen-bond donors (Lipinski definition) is 1. The molecule has 0 amide bonds. The van der Waals surface area contributed by atoms with E-state index in [-0.39, 0.29) is 5.71 Å². The molecule has 0 rings (SSSR count). The summed E-state index contributed by atoms with van der Waals surface area (Å²) >= 11 is 0. The molecular formula is C12H14N2O3. The molecule has 0 aliphatic rings. The molecule has 0 aliphatic heterocycles. The molecule has 1 N–H and O–H groups in total. The lowest BCUT2D eigenvalue weighted by atomic mass is 10.0. The van der Waals surface area contributed by atoms with Gasteiger partial charge in [0.25, 0.3) is 0 Å². The number of carbonyl (C=O) groups is 2. The van der Waals surface area contributed by atoms with Crippen molar-refractivity contribution in [3.05, 3.63) is 24.3 Å². The normalized spacial score (nSPS) is 12.3. The van der Waals surface area contributed by atoms with E-state index in [1.165, 1.54) is 19.1 Å². The molecule has 5 nitrogen and oxygen atoms in total. The SMILES string of the molecule is C/C=C/C=C/C(=O)OCC(=O)[C@@H](C#N)C(C)=N. The molecule has 0 heterocycles. The molecule has 5 heteroatoms. The molecule has 0 aromatic heterocycles. The third-order valence-corrected chi connectivity index (χ3v) is 1.78. The van der Waals surface area contributed by atoms with Crippen LogP contribution in [0.1, 0.15) is 13.8 Å². The average molecular weight is 234 g/mol. The molecule has 1 atom stereocenters. The lowest BCUT2D eigenvalue weighted by Gasteiger charge is -2.05. The molecule has 17 heavy (non-hydrogen) atoms. The minimum atomic E-state index is -1.14. The molecule has 0 saturated carbocycles. The van der Waals surface area contributed by atoms with E-state index in [1.807, 2.05) is 0 Å². The van der Waals surface area contributed by atoms with E-state index >= 15 is 0 Å². The topological polar surface area (TPSA) is 91.0 Å². The first kappa shape index (κ1) is 14.8. The van der Waals surface area contributed by atoms with Gasteiger partial charge in [-0.15, -0.1) is 0 Å². The number of Topliss-reactive ketones (excluding diaryl/α,β-unsaturated/α-hetero) is 1. The van der Waals surface area contributed by atoms with Crippen LogP contribution in [0.2, 0.25) is 0 Å². The van der Waals surface area contributed by atoms with Crippen molar-refractivity contribution in [1.29, 1.82) is 10.7 Å². The van der Waals surface area contributed by atoms with Crippen LogP contribution in [-0.4, -0.2) is 24.1 Å². The molecule has 0 radical (unpaired) electrons. The monoisotopic (exact) mass is 234 g/mol. The van der Waals surface area contributed by atoms with Crippen LogP contribution in [-0.2, 0) is 14.3 Å². The second-order valence-electron chi connectivity index (χ2n) is 3.20. The first-order valence-electron chi connectivity index (χ1n) is 4.96. The number of ether oxygens (including phenoxy) is 1. The number of hydrogen-bond acceptors (Lipinski definition) is 5. The predicted molar refractivity (Wildman–Crippen MR) is 62.4 cm³/mol. The van der Waals surface area contributed by atoms with Crippen LogP contribution in [0.25, 0.3) is 0 Å². The number of nitrogens with one attached hydrogen (secondary N) is 1. The summed E-state index contributed by atoms with van der Waals surface area (Å²) in [4.78, 5) is 22.4. The molecule has 0 aromatic rings. The van der Waals surface area contributed by atoms with Gasteiger partial charge in [0.1, 0.15) is 5.92 Å². The Kier molecular flexibility index (Phi) is 6.95. The Labute approximate surface area is 99.9 Å². The number of carbonyl (C=O) groups excluding carboxylic acids is 2. The zero-order valence-electron chi connectivity index (χ0n) is 9.77. The summed E-state index contributed by atoms with van der Waals surface area (Å²) in [6.45, 7) is 2.66. The average Bonchev–Trinajstić information content (AvgIpc) is 2.27. The second-order valence-corrected chi connectivity index (χ2v) is 3.20. The van der Waals surface area contributed by atoms with Crippen LogP contribution in [0.4, 0.5) is 0 Å². The Hall–Kier alpha value is -2.22. The van der Waals surface area contributed by atoms with Crippen molar-refractivity contribution >= 4 is 17.5 Å². The summed E-state index contributed by atoms with van der Waals surface area (Å²) in [6.07, 6.45) is 6.03. The Morgan fingerprint density at radius 3 is 2.59 bits per heavy atom. The van der Waals surface area contributed by atoms with Crippen molar-refractivity contribution in [1.82, 2.24) is 0 Å². The van der Waals surface area contributed by atoms with Gasteiger partial charge in [-0.1, -0.05) is 18.2 Å². The molecule has 0 unspecified atom stereocenters. The highest BCUT2D eigenvalue weighted by Crippen LogP contribution is 2.00. The van der Waals surface area contributed by atoms with Gasteiger partial charge in [-0.2, -0.15) is 5.26 Å². The van der Waals surface area contributed by atoms with E-state index in [2.05, 4.69) is 4.74 Å². The van der Waals surface area contributed by atoms with Gasteiger partial charge in [-0.3, -0.25) is 4.79 Å². The Morgan fingerprint density at radius 1 is 1.47 bits per heavy atom. The van der Waals surface area contributed by atoms with E-state index in [1.54, 1.807) is 25.1 Å². The largest absolute Gasteiger partial charge is 0.454 e. The van der Waals surface area contributed by atoms with E-state index in [9.17, 15) is 9.59 Å². The Bertz CT molecular complexity index is 402. The van der Waals surface area contributed by atoms with Crippen molar-refractivity contribution in [2.75, 3.05) is 6.61 Å². The van der Waals surface area contributed by atoms with Crippen LogP contribution >= 0.6 is 0 Å². The highest BCUT2D eigenvalue weighted by atomic mass is 16.5. The number of allylic oxidation sites excluding steroid dienone is 3. The van der Waals surface area contributed by atoms with Crippen molar-refractivity contribution in [2.24, 2.45) is 5.92 Å². The van der Waals surface area contributed by atoms with Gasteiger partial charge in [-0.25, -0.2) is 4.79 Å². The van der Waals surface area contributed by atoms with Gasteiger partial charge >= 0.3 is 5.97 Å². The molecular weight excluding hydrogens is 220 g/mol. The van der Waals surface area contributed by atoms with E-state index in [0.717, 1.165) is 0 Å².